The highest BCUT2D eigenvalue weighted by atomic mass is 35.5. The standard InChI is InChI=1S/C10H22ClNO2S/c1-4-10(11)5-6-12-7-8-15(13,14)9(2)3/h9-10,12H,4-8H2,1-3H3. The van der Waals surface area contributed by atoms with Gasteiger partial charge in [-0.1, -0.05) is 6.92 Å². The van der Waals surface area contributed by atoms with Crippen molar-refractivity contribution < 1.29 is 8.42 Å². The fraction of sp³-hybridized carbons (Fsp3) is 1.00. The van der Waals surface area contributed by atoms with Gasteiger partial charge in [0, 0.05) is 11.9 Å². The highest BCUT2D eigenvalue weighted by Gasteiger charge is 2.14. The Labute approximate surface area is 98.5 Å². The SMILES string of the molecule is CCC(Cl)CCNCCS(=O)(=O)C(C)C. The van der Waals surface area contributed by atoms with Gasteiger partial charge in [-0.2, -0.15) is 0 Å². The Hall–Kier alpha value is 0.200. The topological polar surface area (TPSA) is 46.2 Å². The lowest BCUT2D eigenvalue weighted by Gasteiger charge is -2.09. The number of hydrogen-bond donors (Lipinski definition) is 1. The number of alkyl halides is 1. The van der Waals surface area contributed by atoms with E-state index in [1.54, 1.807) is 13.8 Å². The molecule has 15 heavy (non-hydrogen) atoms. The molecule has 1 unspecified atom stereocenters. The van der Waals surface area contributed by atoms with E-state index in [2.05, 4.69) is 5.32 Å². The summed E-state index contributed by atoms with van der Waals surface area (Å²) in [5.74, 6) is 0.212. The van der Waals surface area contributed by atoms with E-state index in [9.17, 15) is 8.42 Å². The lowest BCUT2D eigenvalue weighted by molar-refractivity contribution is 0.579. The van der Waals surface area contributed by atoms with E-state index in [-0.39, 0.29) is 16.4 Å². The van der Waals surface area contributed by atoms with Gasteiger partial charge in [0.2, 0.25) is 0 Å². The van der Waals surface area contributed by atoms with Crippen LogP contribution in [0.3, 0.4) is 0 Å². The third kappa shape index (κ3) is 7.14. The highest BCUT2D eigenvalue weighted by molar-refractivity contribution is 7.92. The maximum Gasteiger partial charge on any atom is 0.153 e. The molecular formula is C10H22ClNO2S. The molecule has 0 bridgehead atoms. The summed E-state index contributed by atoms with van der Waals surface area (Å²) in [6, 6.07) is 0. The molecule has 0 aliphatic heterocycles. The molecule has 0 aromatic heterocycles. The van der Waals surface area contributed by atoms with Gasteiger partial charge in [0.05, 0.1) is 11.0 Å². The fourth-order valence-corrected chi connectivity index (χ4v) is 2.05. The van der Waals surface area contributed by atoms with Crippen molar-refractivity contribution in [2.45, 2.75) is 44.2 Å². The van der Waals surface area contributed by atoms with Crippen molar-refractivity contribution in [3.8, 4) is 0 Å². The summed E-state index contributed by atoms with van der Waals surface area (Å²) < 4.78 is 22.8. The number of sulfone groups is 1. The second kappa shape index (κ2) is 7.47. The lowest BCUT2D eigenvalue weighted by atomic mass is 10.2. The molecule has 0 saturated carbocycles. The molecule has 0 rings (SSSR count). The summed E-state index contributed by atoms with van der Waals surface area (Å²) in [6.45, 7) is 6.77. The third-order valence-corrected chi connectivity index (χ3v) is 5.10. The quantitative estimate of drug-likeness (QED) is 0.532. The van der Waals surface area contributed by atoms with Gasteiger partial charge in [0.1, 0.15) is 0 Å². The van der Waals surface area contributed by atoms with Crippen LogP contribution in [-0.2, 0) is 9.84 Å². The Bertz CT molecular complexity index is 252. The molecule has 0 aromatic rings. The van der Waals surface area contributed by atoms with E-state index < -0.39 is 9.84 Å². The van der Waals surface area contributed by atoms with Crippen molar-refractivity contribution in [1.29, 1.82) is 0 Å². The summed E-state index contributed by atoms with van der Waals surface area (Å²) in [5, 5.41) is 3.01. The first kappa shape index (κ1) is 15.2. The molecule has 92 valence electrons. The monoisotopic (exact) mass is 255 g/mol. The van der Waals surface area contributed by atoms with Gasteiger partial charge < -0.3 is 5.32 Å². The van der Waals surface area contributed by atoms with Crippen LogP contribution in [0.4, 0.5) is 0 Å². The largest absolute Gasteiger partial charge is 0.316 e. The van der Waals surface area contributed by atoms with Gasteiger partial charge in [-0.25, -0.2) is 8.42 Å². The molecule has 0 fully saturated rings. The van der Waals surface area contributed by atoms with Crippen LogP contribution in [0, 0.1) is 0 Å². The predicted octanol–water partition coefficient (Wildman–Crippen LogP) is 1.81. The number of nitrogens with one attached hydrogen (secondary N) is 1. The Morgan fingerprint density at radius 1 is 1.27 bits per heavy atom. The van der Waals surface area contributed by atoms with Crippen molar-refractivity contribution in [2.24, 2.45) is 0 Å². The van der Waals surface area contributed by atoms with Gasteiger partial charge in [0.15, 0.2) is 9.84 Å². The molecule has 0 aromatic carbocycles. The van der Waals surface area contributed by atoms with Gasteiger partial charge in [-0.05, 0) is 33.2 Å². The Kier molecular flexibility index (Phi) is 7.57. The predicted molar refractivity (Wildman–Crippen MR) is 66.3 cm³/mol. The number of halogens is 1. The van der Waals surface area contributed by atoms with E-state index >= 15 is 0 Å². The van der Waals surface area contributed by atoms with Crippen molar-refractivity contribution in [1.82, 2.24) is 5.32 Å². The van der Waals surface area contributed by atoms with Crippen LogP contribution in [0.5, 0.6) is 0 Å². The molecule has 5 heteroatoms. The molecule has 0 aliphatic carbocycles. The minimum Gasteiger partial charge on any atom is -0.316 e. The van der Waals surface area contributed by atoms with Gasteiger partial charge in [-0.15, -0.1) is 11.6 Å². The average molecular weight is 256 g/mol. The van der Waals surface area contributed by atoms with Gasteiger partial charge in [-0.3, -0.25) is 0 Å². The van der Waals surface area contributed by atoms with Gasteiger partial charge in [0.25, 0.3) is 0 Å². The van der Waals surface area contributed by atoms with Crippen LogP contribution in [0.15, 0.2) is 0 Å². The summed E-state index contributed by atoms with van der Waals surface area (Å²) in [7, 11) is -2.90. The van der Waals surface area contributed by atoms with Crippen LogP contribution in [0.25, 0.3) is 0 Å². The Morgan fingerprint density at radius 2 is 1.87 bits per heavy atom. The maximum absolute atomic E-state index is 11.4. The minimum absolute atomic E-state index is 0.194. The molecule has 0 aliphatic rings. The van der Waals surface area contributed by atoms with Crippen LogP contribution in [0.2, 0.25) is 0 Å². The number of rotatable bonds is 8. The van der Waals surface area contributed by atoms with E-state index in [4.69, 9.17) is 11.6 Å². The zero-order chi connectivity index (χ0) is 11.9. The lowest BCUT2D eigenvalue weighted by Crippen LogP contribution is -2.28. The smallest absolute Gasteiger partial charge is 0.153 e. The molecule has 0 spiro atoms. The summed E-state index contributed by atoms with van der Waals surface area (Å²) in [6.07, 6.45) is 1.84. The van der Waals surface area contributed by atoms with Crippen LogP contribution in [0.1, 0.15) is 33.6 Å². The van der Waals surface area contributed by atoms with Crippen molar-refractivity contribution >= 4 is 21.4 Å². The van der Waals surface area contributed by atoms with Crippen molar-refractivity contribution in [3.63, 3.8) is 0 Å². The van der Waals surface area contributed by atoms with E-state index in [1.807, 2.05) is 6.92 Å². The zero-order valence-corrected chi connectivity index (χ0v) is 11.4. The third-order valence-electron chi connectivity index (χ3n) is 2.36. The van der Waals surface area contributed by atoms with Crippen LogP contribution < -0.4 is 5.32 Å². The zero-order valence-electron chi connectivity index (χ0n) is 9.79. The molecule has 0 saturated heterocycles. The van der Waals surface area contributed by atoms with E-state index in [0.29, 0.717) is 6.54 Å². The first-order chi connectivity index (χ1) is 6.90. The first-order valence-corrected chi connectivity index (χ1v) is 7.61. The molecule has 0 heterocycles. The van der Waals surface area contributed by atoms with E-state index in [1.165, 1.54) is 0 Å². The normalized spacial score (nSPS) is 14.5. The Morgan fingerprint density at radius 3 is 2.33 bits per heavy atom. The fourth-order valence-electron chi connectivity index (χ4n) is 1.04. The first-order valence-electron chi connectivity index (χ1n) is 5.46. The maximum atomic E-state index is 11.4. The summed E-state index contributed by atoms with van der Waals surface area (Å²) in [5.41, 5.74) is 0. The number of hydrogen-bond acceptors (Lipinski definition) is 3. The summed E-state index contributed by atoms with van der Waals surface area (Å²) in [4.78, 5) is 0. The molecule has 3 nitrogen and oxygen atoms in total. The van der Waals surface area contributed by atoms with Crippen molar-refractivity contribution in [3.05, 3.63) is 0 Å². The second-order valence-corrected chi connectivity index (χ2v) is 7.25. The molecular weight excluding hydrogens is 234 g/mol. The van der Waals surface area contributed by atoms with Crippen LogP contribution in [-0.4, -0.2) is 37.9 Å². The molecule has 1 N–H and O–H groups in total. The Balaban J connectivity index is 3.56. The molecule has 0 radical (unpaired) electrons. The minimum atomic E-state index is -2.90. The van der Waals surface area contributed by atoms with Gasteiger partial charge >= 0.3 is 0 Å². The molecule has 1 atom stereocenters. The van der Waals surface area contributed by atoms with Crippen LogP contribution >= 0.6 is 11.6 Å². The highest BCUT2D eigenvalue weighted by Crippen LogP contribution is 2.04. The average Bonchev–Trinajstić information content (AvgIpc) is 2.16. The summed E-state index contributed by atoms with van der Waals surface area (Å²) >= 11 is 5.93. The molecule has 0 amide bonds. The van der Waals surface area contributed by atoms with Crippen molar-refractivity contribution in [2.75, 3.05) is 18.8 Å². The second-order valence-electron chi connectivity index (χ2n) is 3.96. The van der Waals surface area contributed by atoms with E-state index in [0.717, 1.165) is 19.4 Å².